The zero-order valence-corrected chi connectivity index (χ0v) is 4.37. The van der Waals surface area contributed by atoms with Crippen molar-refractivity contribution in [3.8, 4) is 0 Å². The maximum Gasteiger partial charge on any atom is 0.300 e. The average Bonchev–Trinajstić information content (AvgIpc) is 1.80. The molecular weight excluding hydrogens is 124 g/mol. The topological polar surface area (TPSA) is 75.1 Å². The minimum absolute atomic E-state index is 0.127. The van der Waals surface area contributed by atoms with Crippen LogP contribution in [-0.2, 0) is 0 Å². The lowest BCUT2D eigenvalue weighted by Gasteiger charge is -1.88. The lowest BCUT2D eigenvalue weighted by atomic mass is 10.6. The van der Waals surface area contributed by atoms with E-state index < -0.39 is 11.1 Å². The maximum atomic E-state index is 10.3. The molecule has 0 aliphatic rings. The van der Waals surface area contributed by atoms with Crippen LogP contribution in [0.2, 0.25) is 0 Å². The number of rotatable bonds is 0. The van der Waals surface area contributed by atoms with Gasteiger partial charge in [0, 0.05) is 12.1 Å². The fraction of sp³-hybridized carbons (Fsp3) is 0. The fourth-order valence-electron chi connectivity index (χ4n) is 0.414. The predicted molar refractivity (Wildman–Crippen MR) is 28.5 cm³/mol. The first kappa shape index (κ1) is 5.61. The lowest BCUT2D eigenvalue weighted by Crippen LogP contribution is -2.25. The van der Waals surface area contributed by atoms with Gasteiger partial charge in [0.05, 0.1) is 0 Å². The summed E-state index contributed by atoms with van der Waals surface area (Å²) in [6, 6.07) is 2.01. The van der Waals surface area contributed by atoms with Crippen molar-refractivity contribution in [1.82, 2.24) is 9.94 Å². The van der Waals surface area contributed by atoms with Gasteiger partial charge >= 0.3 is 5.56 Å². The molecule has 0 radical (unpaired) electrons. The lowest BCUT2D eigenvalue weighted by molar-refractivity contribution is 0.132. The Kier molecular flexibility index (Phi) is 1.11. The zero-order valence-electron chi connectivity index (χ0n) is 4.37. The molecule has 5 nitrogen and oxygen atoms in total. The Balaban J connectivity index is 3.52. The third-order valence-electron chi connectivity index (χ3n) is 0.802. The van der Waals surface area contributed by atoms with E-state index >= 15 is 0 Å². The zero-order chi connectivity index (χ0) is 6.85. The molecule has 0 amide bonds. The van der Waals surface area contributed by atoms with Crippen molar-refractivity contribution in [1.29, 1.82) is 0 Å². The molecule has 2 N–H and O–H groups in total. The molecule has 0 unspecified atom stereocenters. The van der Waals surface area contributed by atoms with Crippen molar-refractivity contribution in [3.63, 3.8) is 0 Å². The van der Waals surface area contributed by atoms with E-state index in [2.05, 4.69) is 0 Å². The predicted octanol–water partition coefficient (Wildman–Crippen LogP) is -1.23. The minimum atomic E-state index is -0.658. The highest BCUT2D eigenvalue weighted by atomic mass is 16.5. The Labute approximate surface area is 49.1 Å². The number of aromatic amines is 1. The Hall–Kier alpha value is -1.52. The molecule has 0 aliphatic heterocycles. The van der Waals surface area contributed by atoms with Crippen LogP contribution < -0.4 is 11.1 Å². The van der Waals surface area contributed by atoms with Crippen LogP contribution in [0.25, 0.3) is 0 Å². The van der Waals surface area contributed by atoms with E-state index in [0.717, 1.165) is 12.1 Å². The molecule has 0 bridgehead atoms. The fourth-order valence-corrected chi connectivity index (χ4v) is 0.414. The minimum Gasteiger partial charge on any atom is -0.410 e. The van der Waals surface area contributed by atoms with Gasteiger partial charge in [0.15, 0.2) is 0 Å². The number of hydrogen-bond donors (Lipinski definition) is 2. The summed E-state index contributed by atoms with van der Waals surface area (Å²) in [5.74, 6) is 0. The standard InChI is InChI=1S/C4H4N2O3/c7-3-1-2-4(8)6(9)5-3/h1-2,9H,(H,5,7). The van der Waals surface area contributed by atoms with Crippen LogP contribution in [-0.4, -0.2) is 15.2 Å². The summed E-state index contributed by atoms with van der Waals surface area (Å²) in [7, 11) is 0. The molecule has 0 atom stereocenters. The van der Waals surface area contributed by atoms with Gasteiger partial charge in [-0.05, 0) is 0 Å². The molecule has 0 saturated carbocycles. The monoisotopic (exact) mass is 128 g/mol. The molecule has 1 heterocycles. The number of nitrogens with zero attached hydrogens (tertiary/aromatic N) is 1. The summed E-state index contributed by atoms with van der Waals surface area (Å²) >= 11 is 0. The summed E-state index contributed by atoms with van der Waals surface area (Å²) in [5, 5.41) is 10.3. The molecule has 5 heteroatoms. The van der Waals surface area contributed by atoms with E-state index in [1.165, 1.54) is 0 Å². The van der Waals surface area contributed by atoms with Crippen molar-refractivity contribution in [3.05, 3.63) is 32.8 Å². The van der Waals surface area contributed by atoms with Crippen LogP contribution in [0, 0.1) is 0 Å². The Morgan fingerprint density at radius 1 is 1.44 bits per heavy atom. The third kappa shape index (κ3) is 0.987. The van der Waals surface area contributed by atoms with Crippen LogP contribution >= 0.6 is 0 Å². The van der Waals surface area contributed by atoms with Crippen LogP contribution in [0.1, 0.15) is 0 Å². The molecule has 0 saturated heterocycles. The maximum absolute atomic E-state index is 10.3. The summed E-state index contributed by atoms with van der Waals surface area (Å²) < 4.78 is 0. The van der Waals surface area contributed by atoms with E-state index in [1.807, 2.05) is 5.10 Å². The number of nitrogens with one attached hydrogen (secondary N) is 1. The van der Waals surface area contributed by atoms with E-state index in [0.29, 0.717) is 0 Å². The second kappa shape index (κ2) is 1.77. The number of H-pyrrole nitrogens is 1. The van der Waals surface area contributed by atoms with Gasteiger partial charge in [-0.25, -0.2) is 5.10 Å². The molecule has 0 fully saturated rings. The number of aromatic nitrogens is 2. The van der Waals surface area contributed by atoms with Gasteiger partial charge in [0.1, 0.15) is 0 Å². The van der Waals surface area contributed by atoms with Crippen molar-refractivity contribution in [2.45, 2.75) is 0 Å². The van der Waals surface area contributed by atoms with Gasteiger partial charge in [-0.15, -0.1) is 0 Å². The first-order valence-corrected chi connectivity index (χ1v) is 2.22. The van der Waals surface area contributed by atoms with Crippen molar-refractivity contribution < 1.29 is 5.21 Å². The van der Waals surface area contributed by atoms with E-state index in [-0.39, 0.29) is 4.85 Å². The van der Waals surface area contributed by atoms with Gasteiger partial charge in [0.2, 0.25) is 0 Å². The van der Waals surface area contributed by atoms with Crippen LogP contribution in [0.5, 0.6) is 0 Å². The second-order valence-electron chi connectivity index (χ2n) is 1.46. The van der Waals surface area contributed by atoms with Crippen molar-refractivity contribution in [2.24, 2.45) is 0 Å². The molecule has 1 rings (SSSR count). The Morgan fingerprint density at radius 3 is 2.56 bits per heavy atom. The average molecular weight is 128 g/mol. The molecule has 1 aromatic heterocycles. The third-order valence-corrected chi connectivity index (χ3v) is 0.802. The van der Waals surface area contributed by atoms with Gasteiger partial charge in [-0.2, -0.15) is 0 Å². The Bertz CT molecular complexity index is 310. The second-order valence-corrected chi connectivity index (χ2v) is 1.46. The molecule has 0 aromatic carbocycles. The van der Waals surface area contributed by atoms with E-state index in [9.17, 15) is 9.59 Å². The van der Waals surface area contributed by atoms with Gasteiger partial charge in [-0.1, -0.05) is 4.85 Å². The largest absolute Gasteiger partial charge is 0.410 e. The quantitative estimate of drug-likeness (QED) is 0.430. The molecule has 1 aromatic rings. The molecule has 0 aliphatic carbocycles. The van der Waals surface area contributed by atoms with Gasteiger partial charge in [0.25, 0.3) is 5.56 Å². The van der Waals surface area contributed by atoms with E-state index in [1.54, 1.807) is 0 Å². The van der Waals surface area contributed by atoms with Gasteiger partial charge in [-0.3, -0.25) is 9.59 Å². The van der Waals surface area contributed by atoms with Gasteiger partial charge < -0.3 is 5.21 Å². The number of hydrogen-bond acceptors (Lipinski definition) is 3. The molecule has 9 heavy (non-hydrogen) atoms. The summed E-state index contributed by atoms with van der Waals surface area (Å²) in [6.45, 7) is 0. The first-order valence-electron chi connectivity index (χ1n) is 2.22. The molecule has 0 spiro atoms. The normalized spacial score (nSPS) is 9.33. The highest BCUT2D eigenvalue weighted by Gasteiger charge is 1.87. The molecular formula is C4H4N2O3. The van der Waals surface area contributed by atoms with Crippen molar-refractivity contribution >= 4 is 0 Å². The SMILES string of the molecule is O=c1ccc(=O)n(O)[nH]1. The van der Waals surface area contributed by atoms with E-state index in [4.69, 9.17) is 5.21 Å². The molecule has 48 valence electrons. The first-order chi connectivity index (χ1) is 4.20. The highest BCUT2D eigenvalue weighted by molar-refractivity contribution is 4.83. The summed E-state index contributed by atoms with van der Waals surface area (Å²) in [4.78, 5) is 20.7. The van der Waals surface area contributed by atoms with Crippen LogP contribution in [0.3, 0.4) is 0 Å². The summed E-state index contributed by atoms with van der Waals surface area (Å²) in [5.41, 5.74) is -1.17. The van der Waals surface area contributed by atoms with Crippen molar-refractivity contribution in [2.75, 3.05) is 0 Å². The Morgan fingerprint density at radius 2 is 2.11 bits per heavy atom. The summed E-state index contributed by atoms with van der Waals surface area (Å²) in [6.07, 6.45) is 0. The van der Waals surface area contributed by atoms with Crippen LogP contribution in [0.4, 0.5) is 0 Å². The highest BCUT2D eigenvalue weighted by Crippen LogP contribution is 1.56. The van der Waals surface area contributed by atoms with Crippen LogP contribution in [0.15, 0.2) is 21.7 Å². The smallest absolute Gasteiger partial charge is 0.300 e.